The van der Waals surface area contributed by atoms with Crippen LogP contribution in [0.15, 0.2) is 66.9 Å². The number of fused-ring (bicyclic) bond motifs is 3. The van der Waals surface area contributed by atoms with Crippen LogP contribution in [0.4, 0.5) is 10.5 Å². The van der Waals surface area contributed by atoms with Gasteiger partial charge in [0.1, 0.15) is 18.3 Å². The van der Waals surface area contributed by atoms with Crippen molar-refractivity contribution in [2.24, 2.45) is 5.41 Å². The fourth-order valence-electron chi connectivity index (χ4n) is 4.24. The van der Waals surface area contributed by atoms with Crippen LogP contribution in [-0.4, -0.2) is 40.7 Å². The molecule has 180 valence electrons. The first-order valence-corrected chi connectivity index (χ1v) is 11.3. The number of carbonyl (C=O) groups excluding carboxylic acids is 2. The molecule has 0 aliphatic heterocycles. The van der Waals surface area contributed by atoms with E-state index in [1.807, 2.05) is 57.2 Å². The second kappa shape index (κ2) is 9.58. The van der Waals surface area contributed by atoms with Gasteiger partial charge >= 0.3 is 12.1 Å². The van der Waals surface area contributed by atoms with Crippen LogP contribution in [0.5, 0.6) is 0 Å². The predicted molar refractivity (Wildman–Crippen MR) is 131 cm³/mol. The van der Waals surface area contributed by atoms with E-state index in [0.29, 0.717) is 5.69 Å². The van der Waals surface area contributed by atoms with Crippen molar-refractivity contribution in [2.75, 3.05) is 11.9 Å². The number of alkyl carbamates (subject to hydrolysis) is 1. The third-order valence-corrected chi connectivity index (χ3v) is 5.98. The Labute approximate surface area is 203 Å². The average Bonchev–Trinajstić information content (AvgIpc) is 3.14. The first-order valence-electron chi connectivity index (χ1n) is 11.3. The van der Waals surface area contributed by atoms with Gasteiger partial charge in [0.05, 0.1) is 11.9 Å². The van der Waals surface area contributed by atoms with Crippen molar-refractivity contribution in [3.63, 3.8) is 0 Å². The van der Waals surface area contributed by atoms with E-state index in [4.69, 9.17) is 9.84 Å². The van der Waals surface area contributed by atoms with Crippen molar-refractivity contribution >= 4 is 23.7 Å². The van der Waals surface area contributed by atoms with Gasteiger partial charge in [0.25, 0.3) is 0 Å². The zero-order chi connectivity index (χ0) is 25.2. The summed E-state index contributed by atoms with van der Waals surface area (Å²) in [6.07, 6.45) is 0.565. The summed E-state index contributed by atoms with van der Waals surface area (Å²) in [5, 5.41) is 14.3. The lowest BCUT2D eigenvalue weighted by atomic mass is 9.86. The molecule has 3 N–H and O–H groups in total. The van der Waals surface area contributed by atoms with Gasteiger partial charge in [0, 0.05) is 5.92 Å². The van der Waals surface area contributed by atoms with Gasteiger partial charge in [-0.2, -0.15) is 0 Å². The normalized spacial score (nSPS) is 13.3. The number of carbonyl (C=O) groups is 3. The second-order valence-electron chi connectivity index (χ2n) is 9.50. The quantitative estimate of drug-likeness (QED) is 0.479. The monoisotopic (exact) mass is 473 g/mol. The highest BCUT2D eigenvalue weighted by molar-refractivity contribution is 5.97. The molecule has 4 rings (SSSR count). The number of aromatic carboxylic acids is 1. The standard InChI is InChI=1S/C27H27N3O5/c1-27(2,3)23(24(31)29-16-12-13-22(25(32)33)28-14-16)30-26(34)35-15-21-19-10-6-4-8-17(19)18-9-5-7-11-20(18)21/h4-14,21,23H,15H2,1-3H3,(H,29,31)(H,30,34)(H,32,33)/t23-/m0/s1. The van der Waals surface area contributed by atoms with Gasteiger partial charge in [0.15, 0.2) is 0 Å². The molecule has 0 saturated carbocycles. The van der Waals surface area contributed by atoms with E-state index in [0.717, 1.165) is 22.3 Å². The van der Waals surface area contributed by atoms with Crippen LogP contribution in [-0.2, 0) is 9.53 Å². The Morgan fingerprint density at radius 1 is 0.971 bits per heavy atom. The van der Waals surface area contributed by atoms with Crippen LogP contribution < -0.4 is 10.6 Å². The van der Waals surface area contributed by atoms with Crippen molar-refractivity contribution in [1.29, 1.82) is 0 Å². The van der Waals surface area contributed by atoms with E-state index < -0.39 is 29.4 Å². The van der Waals surface area contributed by atoms with E-state index in [1.54, 1.807) is 0 Å². The predicted octanol–water partition coefficient (Wildman–Crippen LogP) is 4.67. The zero-order valence-electron chi connectivity index (χ0n) is 19.7. The third kappa shape index (κ3) is 5.16. The maximum Gasteiger partial charge on any atom is 0.407 e. The third-order valence-electron chi connectivity index (χ3n) is 5.98. The highest BCUT2D eigenvalue weighted by atomic mass is 16.5. The van der Waals surface area contributed by atoms with Crippen LogP contribution in [0.25, 0.3) is 11.1 Å². The molecule has 0 fully saturated rings. The Hall–Kier alpha value is -4.20. The molecule has 0 unspecified atom stereocenters. The van der Waals surface area contributed by atoms with Crippen LogP contribution in [0.2, 0.25) is 0 Å². The summed E-state index contributed by atoms with van der Waals surface area (Å²) < 4.78 is 5.60. The molecular weight excluding hydrogens is 446 g/mol. The lowest BCUT2D eigenvalue weighted by Crippen LogP contribution is -2.51. The van der Waals surface area contributed by atoms with E-state index in [-0.39, 0.29) is 18.2 Å². The molecule has 1 heterocycles. The second-order valence-corrected chi connectivity index (χ2v) is 9.50. The fraction of sp³-hybridized carbons (Fsp3) is 0.259. The smallest absolute Gasteiger partial charge is 0.407 e. The summed E-state index contributed by atoms with van der Waals surface area (Å²) in [6.45, 7) is 5.62. The highest BCUT2D eigenvalue weighted by Crippen LogP contribution is 2.44. The van der Waals surface area contributed by atoms with Crippen molar-refractivity contribution in [3.8, 4) is 11.1 Å². The van der Waals surface area contributed by atoms with Crippen LogP contribution in [0.3, 0.4) is 0 Å². The fourth-order valence-corrected chi connectivity index (χ4v) is 4.24. The Morgan fingerprint density at radius 3 is 2.09 bits per heavy atom. The maximum absolute atomic E-state index is 13.0. The first kappa shape index (κ1) is 23.9. The number of hydrogen-bond acceptors (Lipinski definition) is 5. The SMILES string of the molecule is CC(C)(C)[C@@H](NC(=O)OCC1c2ccccc2-c2ccccc21)C(=O)Nc1ccc(C(=O)O)nc1. The lowest BCUT2D eigenvalue weighted by Gasteiger charge is -2.30. The number of hydrogen-bond donors (Lipinski definition) is 3. The number of carboxylic acids is 1. The minimum atomic E-state index is -1.16. The minimum Gasteiger partial charge on any atom is -0.477 e. The van der Waals surface area contributed by atoms with E-state index in [9.17, 15) is 14.4 Å². The van der Waals surface area contributed by atoms with Gasteiger partial charge < -0.3 is 20.5 Å². The number of pyridine rings is 1. The summed E-state index contributed by atoms with van der Waals surface area (Å²) >= 11 is 0. The molecule has 2 aromatic carbocycles. The van der Waals surface area contributed by atoms with Gasteiger partial charge in [-0.15, -0.1) is 0 Å². The zero-order valence-corrected chi connectivity index (χ0v) is 19.7. The van der Waals surface area contributed by atoms with Crippen molar-refractivity contribution in [1.82, 2.24) is 10.3 Å². The minimum absolute atomic E-state index is 0.0890. The molecule has 3 aromatic rings. The molecule has 0 saturated heterocycles. The summed E-state index contributed by atoms with van der Waals surface area (Å²) in [5.74, 6) is -1.71. The molecule has 1 aliphatic carbocycles. The molecular formula is C27H27N3O5. The number of amides is 2. The van der Waals surface area contributed by atoms with Crippen molar-refractivity contribution in [3.05, 3.63) is 83.7 Å². The molecule has 1 aromatic heterocycles. The van der Waals surface area contributed by atoms with Crippen molar-refractivity contribution in [2.45, 2.75) is 32.7 Å². The number of nitrogens with zero attached hydrogens (tertiary/aromatic N) is 1. The number of nitrogens with one attached hydrogen (secondary N) is 2. The molecule has 35 heavy (non-hydrogen) atoms. The Kier molecular flexibility index (Phi) is 6.55. The molecule has 1 atom stereocenters. The Balaban J connectivity index is 1.43. The van der Waals surface area contributed by atoms with E-state index >= 15 is 0 Å². The maximum atomic E-state index is 13.0. The number of ether oxygens (including phenoxy) is 1. The van der Waals surface area contributed by atoms with Crippen LogP contribution >= 0.6 is 0 Å². The van der Waals surface area contributed by atoms with Gasteiger partial charge in [0.2, 0.25) is 5.91 Å². The Bertz CT molecular complexity index is 1220. The molecule has 0 radical (unpaired) electrons. The van der Waals surface area contributed by atoms with Gasteiger partial charge in [-0.05, 0) is 39.8 Å². The highest BCUT2D eigenvalue weighted by Gasteiger charge is 2.34. The first-order chi connectivity index (χ1) is 16.6. The molecule has 8 heteroatoms. The topological polar surface area (TPSA) is 118 Å². The van der Waals surface area contributed by atoms with Gasteiger partial charge in [-0.1, -0.05) is 69.3 Å². The largest absolute Gasteiger partial charge is 0.477 e. The lowest BCUT2D eigenvalue weighted by molar-refractivity contribution is -0.120. The number of benzene rings is 2. The number of carboxylic acid groups (broad SMARTS) is 1. The number of rotatable bonds is 6. The van der Waals surface area contributed by atoms with Crippen LogP contribution in [0.1, 0.15) is 48.3 Å². The summed E-state index contributed by atoms with van der Waals surface area (Å²) in [7, 11) is 0. The molecule has 8 nitrogen and oxygen atoms in total. The molecule has 0 spiro atoms. The van der Waals surface area contributed by atoms with Gasteiger partial charge in [-0.3, -0.25) is 4.79 Å². The number of anilines is 1. The number of aromatic nitrogens is 1. The average molecular weight is 474 g/mol. The molecule has 1 aliphatic rings. The van der Waals surface area contributed by atoms with E-state index in [2.05, 4.69) is 27.8 Å². The summed E-state index contributed by atoms with van der Waals surface area (Å²) in [4.78, 5) is 40.5. The summed E-state index contributed by atoms with van der Waals surface area (Å²) in [5.41, 5.74) is 4.03. The van der Waals surface area contributed by atoms with Crippen molar-refractivity contribution < 1.29 is 24.2 Å². The molecule has 0 bridgehead atoms. The van der Waals surface area contributed by atoms with E-state index in [1.165, 1.54) is 18.3 Å². The van der Waals surface area contributed by atoms with Gasteiger partial charge in [-0.25, -0.2) is 14.6 Å². The van der Waals surface area contributed by atoms with Crippen LogP contribution in [0, 0.1) is 5.41 Å². The Morgan fingerprint density at radius 2 is 1.57 bits per heavy atom. The summed E-state index contributed by atoms with van der Waals surface area (Å²) in [6, 6.07) is 17.9. The molecule has 2 amide bonds.